The van der Waals surface area contributed by atoms with Gasteiger partial charge in [0.15, 0.2) is 0 Å². The van der Waals surface area contributed by atoms with E-state index in [1.54, 1.807) is 12.2 Å². The van der Waals surface area contributed by atoms with Gasteiger partial charge < -0.3 is 18.9 Å². The van der Waals surface area contributed by atoms with Crippen LogP contribution in [0.1, 0.15) is 0 Å². The Bertz CT molecular complexity index is 310. The van der Waals surface area contributed by atoms with Crippen LogP contribution in [0.15, 0.2) is 23.8 Å². The van der Waals surface area contributed by atoms with Crippen LogP contribution in [-0.4, -0.2) is 46.3 Å². The number of hydrogen-bond acceptors (Lipinski definition) is 5. The fraction of sp³-hybridized carbons (Fsp3) is 0.545. The monoisotopic (exact) mass is 228 g/mol. The first-order valence-electron chi connectivity index (χ1n) is 4.71. The van der Waals surface area contributed by atoms with Crippen LogP contribution in [-0.2, 0) is 23.7 Å². The predicted molar refractivity (Wildman–Crippen MR) is 56.8 cm³/mol. The van der Waals surface area contributed by atoms with Crippen molar-refractivity contribution < 1.29 is 23.7 Å². The molecule has 0 saturated heterocycles. The van der Waals surface area contributed by atoms with E-state index in [0.717, 1.165) is 0 Å². The van der Waals surface area contributed by atoms with Gasteiger partial charge >= 0.3 is 0 Å². The van der Waals surface area contributed by atoms with Gasteiger partial charge in [-0.25, -0.2) is 0 Å². The highest BCUT2D eigenvalue weighted by atomic mass is 16.8. The van der Waals surface area contributed by atoms with Gasteiger partial charge in [-0.15, -0.1) is 0 Å². The number of rotatable bonds is 5. The topological polar surface area (TPSA) is 54.0 Å². The van der Waals surface area contributed by atoms with E-state index < -0.39 is 11.6 Å². The summed E-state index contributed by atoms with van der Waals surface area (Å²) in [5, 5.41) is 0. The maximum atomic E-state index is 10.8. The zero-order chi connectivity index (χ0) is 12.2. The average molecular weight is 228 g/mol. The molecule has 0 radical (unpaired) electrons. The molecule has 0 bridgehead atoms. The van der Waals surface area contributed by atoms with Gasteiger partial charge in [-0.2, -0.15) is 0 Å². The highest BCUT2D eigenvalue weighted by Crippen LogP contribution is 2.37. The van der Waals surface area contributed by atoms with Gasteiger partial charge in [-0.3, -0.25) is 4.79 Å². The van der Waals surface area contributed by atoms with E-state index in [2.05, 4.69) is 0 Å². The van der Waals surface area contributed by atoms with Crippen LogP contribution in [0, 0.1) is 0 Å². The Labute approximate surface area is 94.6 Å². The quantitative estimate of drug-likeness (QED) is 0.511. The molecule has 0 heterocycles. The molecule has 0 N–H and O–H groups in total. The van der Waals surface area contributed by atoms with E-state index in [0.29, 0.717) is 11.9 Å². The summed E-state index contributed by atoms with van der Waals surface area (Å²) in [5.74, 6) is -2.48. The molecule has 0 spiro atoms. The smallest absolute Gasteiger partial charge is 0.248 e. The average Bonchev–Trinajstić information content (AvgIpc) is 2.37. The van der Waals surface area contributed by atoms with Crippen molar-refractivity contribution in [3.8, 4) is 0 Å². The summed E-state index contributed by atoms with van der Waals surface area (Å²) in [6.45, 7) is 0. The van der Waals surface area contributed by atoms with Crippen LogP contribution in [0.5, 0.6) is 0 Å². The highest BCUT2D eigenvalue weighted by molar-refractivity contribution is 5.78. The van der Waals surface area contributed by atoms with E-state index in [4.69, 9.17) is 18.9 Å². The first-order chi connectivity index (χ1) is 7.63. The number of aldehydes is 1. The van der Waals surface area contributed by atoms with Gasteiger partial charge in [0.2, 0.25) is 11.6 Å². The first-order valence-corrected chi connectivity index (χ1v) is 4.71. The molecule has 0 unspecified atom stereocenters. The van der Waals surface area contributed by atoms with Crippen molar-refractivity contribution in [1.82, 2.24) is 0 Å². The van der Waals surface area contributed by atoms with Crippen molar-refractivity contribution in [2.45, 2.75) is 11.6 Å². The molecule has 0 aromatic carbocycles. The Morgan fingerprint density at radius 1 is 1.00 bits per heavy atom. The lowest BCUT2D eigenvalue weighted by atomic mass is 9.95. The number of hydrogen-bond donors (Lipinski definition) is 0. The normalized spacial score (nSPS) is 21.6. The van der Waals surface area contributed by atoms with Crippen molar-refractivity contribution >= 4 is 6.29 Å². The summed E-state index contributed by atoms with van der Waals surface area (Å²) in [6, 6.07) is 0. The number of carbonyl (C=O) groups excluding carboxylic acids is 1. The van der Waals surface area contributed by atoms with Gasteiger partial charge in [0.25, 0.3) is 0 Å². The third-order valence-electron chi connectivity index (χ3n) is 2.69. The molecule has 0 aromatic heterocycles. The summed E-state index contributed by atoms with van der Waals surface area (Å²) >= 11 is 0. The van der Waals surface area contributed by atoms with Crippen molar-refractivity contribution in [2.24, 2.45) is 0 Å². The molecule has 16 heavy (non-hydrogen) atoms. The highest BCUT2D eigenvalue weighted by Gasteiger charge is 2.53. The number of ether oxygens (including phenoxy) is 4. The SMILES string of the molecule is COC1(OC)C=CC(C=O)=CC1(OC)OC. The Hall–Kier alpha value is -1.01. The Kier molecular flexibility index (Phi) is 3.98. The minimum atomic E-state index is -1.28. The van der Waals surface area contributed by atoms with Gasteiger partial charge in [0, 0.05) is 34.0 Å². The van der Waals surface area contributed by atoms with Gasteiger partial charge in [0.1, 0.15) is 6.29 Å². The second-order valence-corrected chi connectivity index (χ2v) is 3.25. The summed E-state index contributed by atoms with van der Waals surface area (Å²) < 4.78 is 21.2. The van der Waals surface area contributed by atoms with Crippen LogP contribution in [0.3, 0.4) is 0 Å². The molecule has 5 heteroatoms. The molecule has 0 saturated carbocycles. The Balaban J connectivity index is 3.27. The van der Waals surface area contributed by atoms with Crippen LogP contribution in [0.25, 0.3) is 0 Å². The maximum absolute atomic E-state index is 10.8. The third-order valence-corrected chi connectivity index (χ3v) is 2.69. The van der Waals surface area contributed by atoms with Crippen LogP contribution in [0.2, 0.25) is 0 Å². The van der Waals surface area contributed by atoms with E-state index >= 15 is 0 Å². The lowest BCUT2D eigenvalue weighted by Gasteiger charge is -2.43. The molecule has 0 aliphatic heterocycles. The molecule has 0 aromatic rings. The largest absolute Gasteiger partial charge is 0.345 e. The van der Waals surface area contributed by atoms with E-state index in [-0.39, 0.29) is 0 Å². The molecule has 90 valence electrons. The van der Waals surface area contributed by atoms with Crippen molar-refractivity contribution in [1.29, 1.82) is 0 Å². The zero-order valence-electron chi connectivity index (χ0n) is 9.85. The molecular formula is C11H16O5. The molecule has 0 atom stereocenters. The Morgan fingerprint density at radius 2 is 1.50 bits per heavy atom. The van der Waals surface area contributed by atoms with Gasteiger partial charge in [-0.1, -0.05) is 6.08 Å². The van der Waals surface area contributed by atoms with Gasteiger partial charge in [-0.05, 0) is 12.2 Å². The number of methoxy groups -OCH3 is 4. The van der Waals surface area contributed by atoms with E-state index in [1.165, 1.54) is 34.5 Å². The van der Waals surface area contributed by atoms with Crippen LogP contribution in [0.4, 0.5) is 0 Å². The first kappa shape index (κ1) is 13.1. The second kappa shape index (κ2) is 4.88. The molecule has 1 aliphatic rings. The van der Waals surface area contributed by atoms with Crippen molar-refractivity contribution in [2.75, 3.05) is 28.4 Å². The minimum absolute atomic E-state index is 0.438. The van der Waals surface area contributed by atoms with Crippen molar-refractivity contribution in [3.63, 3.8) is 0 Å². The molecular weight excluding hydrogens is 212 g/mol. The molecule has 1 aliphatic carbocycles. The summed E-state index contributed by atoms with van der Waals surface area (Å²) in [6.07, 6.45) is 5.41. The number of carbonyl (C=O) groups is 1. The summed E-state index contributed by atoms with van der Waals surface area (Å²) in [4.78, 5) is 10.8. The maximum Gasteiger partial charge on any atom is 0.248 e. The van der Waals surface area contributed by atoms with Crippen molar-refractivity contribution in [3.05, 3.63) is 23.8 Å². The molecule has 1 rings (SSSR count). The third kappa shape index (κ3) is 1.72. The molecule has 5 nitrogen and oxygen atoms in total. The predicted octanol–water partition coefficient (Wildman–Crippen LogP) is 0.660. The van der Waals surface area contributed by atoms with Gasteiger partial charge in [0.05, 0.1) is 0 Å². The zero-order valence-corrected chi connectivity index (χ0v) is 9.85. The lowest BCUT2D eigenvalue weighted by Crippen LogP contribution is -2.58. The van der Waals surface area contributed by atoms with Crippen LogP contribution < -0.4 is 0 Å². The lowest BCUT2D eigenvalue weighted by molar-refractivity contribution is -0.345. The van der Waals surface area contributed by atoms with E-state index in [9.17, 15) is 4.79 Å². The Morgan fingerprint density at radius 3 is 1.88 bits per heavy atom. The summed E-state index contributed by atoms with van der Waals surface area (Å²) in [5.41, 5.74) is 0.438. The summed E-state index contributed by atoms with van der Waals surface area (Å²) in [7, 11) is 5.85. The fourth-order valence-electron chi connectivity index (χ4n) is 1.75. The minimum Gasteiger partial charge on any atom is -0.345 e. The molecule has 0 fully saturated rings. The number of allylic oxidation sites excluding steroid dienone is 2. The standard InChI is InChI=1S/C11H16O5/c1-13-10(14-2)6-5-9(8-12)7-11(10,15-3)16-4/h5-8H,1-4H3. The fourth-order valence-corrected chi connectivity index (χ4v) is 1.75. The second-order valence-electron chi connectivity index (χ2n) is 3.25. The molecule has 0 amide bonds. The van der Waals surface area contributed by atoms with E-state index in [1.807, 2.05) is 0 Å². The van der Waals surface area contributed by atoms with Crippen LogP contribution >= 0.6 is 0 Å².